The highest BCUT2D eigenvalue weighted by Crippen LogP contribution is 2.15. The Morgan fingerprint density at radius 1 is 1.00 bits per heavy atom. The maximum atomic E-state index is 12.2. The van der Waals surface area contributed by atoms with Crippen molar-refractivity contribution in [2.24, 2.45) is 0 Å². The van der Waals surface area contributed by atoms with Crippen LogP contribution in [0, 0.1) is 3.57 Å². The van der Waals surface area contributed by atoms with Crippen LogP contribution in [0.4, 0.5) is 0 Å². The molecule has 0 aliphatic carbocycles. The van der Waals surface area contributed by atoms with E-state index in [4.69, 9.17) is 4.74 Å². The second-order valence-electron chi connectivity index (χ2n) is 7.00. The van der Waals surface area contributed by atoms with Crippen LogP contribution in [-0.4, -0.2) is 55.0 Å². The number of nitrogens with one attached hydrogen (secondary N) is 1. The predicted molar refractivity (Wildman–Crippen MR) is 120 cm³/mol. The molecule has 1 N–H and O–H groups in total. The molecule has 150 valence electrons. The lowest BCUT2D eigenvalue weighted by atomic mass is 10.1. The monoisotopic (exact) mass is 493 g/mol. The maximum Gasteiger partial charge on any atom is 0.258 e. The molecule has 6 heteroatoms. The maximum absolute atomic E-state index is 12.2. The fourth-order valence-corrected chi connectivity index (χ4v) is 3.67. The third-order valence-electron chi connectivity index (χ3n) is 5.08. The van der Waals surface area contributed by atoms with Gasteiger partial charge in [0.1, 0.15) is 5.75 Å². The molecule has 0 unspecified atom stereocenters. The number of likely N-dealkylation sites (N-methyl/N-ethyl adjacent to an activating group) is 1. The van der Waals surface area contributed by atoms with Crippen LogP contribution in [-0.2, 0) is 17.9 Å². The van der Waals surface area contributed by atoms with Gasteiger partial charge >= 0.3 is 0 Å². The number of hydrogen-bond donors (Lipinski definition) is 1. The molecule has 5 nitrogen and oxygen atoms in total. The number of piperazine rings is 1. The normalized spacial score (nSPS) is 15.4. The second-order valence-corrected chi connectivity index (χ2v) is 8.24. The van der Waals surface area contributed by atoms with Crippen LogP contribution >= 0.6 is 22.6 Å². The van der Waals surface area contributed by atoms with Crippen LogP contribution in [0.5, 0.6) is 5.75 Å². The van der Waals surface area contributed by atoms with Crippen molar-refractivity contribution in [1.29, 1.82) is 0 Å². The van der Waals surface area contributed by atoms with Crippen molar-refractivity contribution in [3.8, 4) is 5.75 Å². The molecule has 0 aromatic heterocycles. The zero-order chi connectivity index (χ0) is 19.8. The number of rotatable bonds is 8. The Kier molecular flexibility index (Phi) is 8.12. The minimum Gasteiger partial charge on any atom is -0.484 e. The molecule has 2 aromatic rings. The van der Waals surface area contributed by atoms with E-state index < -0.39 is 0 Å². The van der Waals surface area contributed by atoms with E-state index in [-0.39, 0.29) is 12.5 Å². The lowest BCUT2D eigenvalue weighted by molar-refractivity contribution is -0.123. The predicted octanol–water partition coefficient (Wildman–Crippen LogP) is 3.12. The average Bonchev–Trinajstić information content (AvgIpc) is 2.73. The van der Waals surface area contributed by atoms with Gasteiger partial charge < -0.3 is 15.0 Å². The van der Waals surface area contributed by atoms with Crippen LogP contribution in [0.25, 0.3) is 0 Å². The highest BCUT2D eigenvalue weighted by molar-refractivity contribution is 14.1. The van der Waals surface area contributed by atoms with E-state index in [0.29, 0.717) is 12.3 Å². The van der Waals surface area contributed by atoms with Crippen molar-refractivity contribution in [3.05, 3.63) is 63.2 Å². The molecular formula is C22H28IN3O2. The van der Waals surface area contributed by atoms with E-state index in [0.717, 1.165) is 42.8 Å². The minimum absolute atomic E-state index is 0.0295. The molecule has 0 saturated carbocycles. The smallest absolute Gasteiger partial charge is 0.258 e. The van der Waals surface area contributed by atoms with Crippen LogP contribution in [0.15, 0.2) is 48.5 Å². The highest BCUT2D eigenvalue weighted by atomic mass is 127. The topological polar surface area (TPSA) is 44.8 Å². The van der Waals surface area contributed by atoms with Crippen molar-refractivity contribution in [2.45, 2.75) is 20.0 Å². The minimum atomic E-state index is -0.107. The Morgan fingerprint density at radius 2 is 1.64 bits per heavy atom. The van der Waals surface area contributed by atoms with Gasteiger partial charge in [0.2, 0.25) is 0 Å². The first-order valence-corrected chi connectivity index (χ1v) is 10.9. The lowest BCUT2D eigenvalue weighted by Crippen LogP contribution is -2.45. The van der Waals surface area contributed by atoms with Gasteiger partial charge in [0.05, 0.1) is 0 Å². The van der Waals surface area contributed by atoms with E-state index >= 15 is 0 Å². The summed E-state index contributed by atoms with van der Waals surface area (Å²) in [6.07, 6.45) is 0. The number of hydrogen-bond acceptors (Lipinski definition) is 4. The summed E-state index contributed by atoms with van der Waals surface area (Å²) in [5, 5.41) is 2.98. The molecule has 2 aromatic carbocycles. The summed E-state index contributed by atoms with van der Waals surface area (Å²) in [5.41, 5.74) is 2.45. The number of ether oxygens (including phenoxy) is 1. The summed E-state index contributed by atoms with van der Waals surface area (Å²) in [6, 6.07) is 16.0. The van der Waals surface area contributed by atoms with Crippen LogP contribution < -0.4 is 10.1 Å². The number of halogens is 1. The van der Waals surface area contributed by atoms with E-state index in [1.54, 1.807) is 0 Å². The third-order valence-corrected chi connectivity index (χ3v) is 5.80. The SMILES string of the molecule is CCN1CCN(Cc2ccccc2CNC(=O)COc2ccc(I)cc2)CC1. The van der Waals surface area contributed by atoms with Crippen LogP contribution in [0.3, 0.4) is 0 Å². The van der Waals surface area contributed by atoms with E-state index in [1.807, 2.05) is 30.3 Å². The van der Waals surface area contributed by atoms with Gasteiger partial charge in [-0.2, -0.15) is 0 Å². The van der Waals surface area contributed by atoms with Gasteiger partial charge in [-0.05, 0) is 64.5 Å². The summed E-state index contributed by atoms with van der Waals surface area (Å²) < 4.78 is 6.70. The van der Waals surface area contributed by atoms with Gasteiger partial charge in [0.25, 0.3) is 5.91 Å². The number of carbonyl (C=O) groups is 1. The van der Waals surface area contributed by atoms with Gasteiger partial charge in [-0.25, -0.2) is 0 Å². The van der Waals surface area contributed by atoms with Crippen molar-refractivity contribution in [2.75, 3.05) is 39.3 Å². The van der Waals surface area contributed by atoms with E-state index in [2.05, 4.69) is 62.8 Å². The third kappa shape index (κ3) is 6.46. The molecule has 3 rings (SSSR count). The lowest BCUT2D eigenvalue weighted by Gasteiger charge is -2.34. The van der Waals surface area contributed by atoms with Crippen molar-refractivity contribution in [3.63, 3.8) is 0 Å². The summed E-state index contributed by atoms with van der Waals surface area (Å²) in [5.74, 6) is 0.604. The molecule has 1 aliphatic rings. The summed E-state index contributed by atoms with van der Waals surface area (Å²) in [7, 11) is 0. The van der Waals surface area contributed by atoms with Crippen LogP contribution in [0.2, 0.25) is 0 Å². The van der Waals surface area contributed by atoms with Gasteiger partial charge in [0.15, 0.2) is 6.61 Å². The molecule has 0 bridgehead atoms. The summed E-state index contributed by atoms with van der Waals surface area (Å²) >= 11 is 2.24. The van der Waals surface area contributed by atoms with Gasteiger partial charge in [-0.1, -0.05) is 31.2 Å². The Labute approximate surface area is 181 Å². The Morgan fingerprint density at radius 3 is 2.32 bits per heavy atom. The highest BCUT2D eigenvalue weighted by Gasteiger charge is 2.16. The van der Waals surface area contributed by atoms with E-state index in [9.17, 15) is 4.79 Å². The van der Waals surface area contributed by atoms with Gasteiger partial charge in [-0.15, -0.1) is 0 Å². The largest absolute Gasteiger partial charge is 0.484 e. The molecule has 0 atom stereocenters. The standard InChI is InChI=1S/C22H28IN3O2/c1-2-25-11-13-26(14-12-25)16-19-6-4-3-5-18(19)15-24-22(27)17-28-21-9-7-20(23)8-10-21/h3-10H,2,11-17H2,1H3,(H,24,27). The number of amides is 1. The number of benzene rings is 2. The first kappa shape index (κ1) is 21.1. The number of carbonyl (C=O) groups excluding carboxylic acids is 1. The fourth-order valence-electron chi connectivity index (χ4n) is 3.31. The van der Waals surface area contributed by atoms with Gasteiger partial charge in [-0.3, -0.25) is 9.69 Å². The molecule has 1 saturated heterocycles. The molecule has 1 amide bonds. The molecule has 0 spiro atoms. The molecule has 28 heavy (non-hydrogen) atoms. The van der Waals surface area contributed by atoms with Gasteiger partial charge in [0, 0.05) is 42.8 Å². The quantitative estimate of drug-likeness (QED) is 0.575. The summed E-state index contributed by atoms with van der Waals surface area (Å²) in [4.78, 5) is 17.1. The first-order chi connectivity index (χ1) is 13.6. The molecular weight excluding hydrogens is 465 g/mol. The zero-order valence-electron chi connectivity index (χ0n) is 16.4. The Balaban J connectivity index is 1.47. The summed E-state index contributed by atoms with van der Waals surface area (Å²) in [6.45, 7) is 9.29. The first-order valence-electron chi connectivity index (χ1n) is 9.80. The second kappa shape index (κ2) is 10.8. The van der Waals surface area contributed by atoms with Crippen molar-refractivity contribution >= 4 is 28.5 Å². The molecule has 1 heterocycles. The molecule has 1 fully saturated rings. The fraction of sp³-hybridized carbons (Fsp3) is 0.409. The molecule has 0 radical (unpaired) electrons. The van der Waals surface area contributed by atoms with Crippen LogP contribution in [0.1, 0.15) is 18.1 Å². The zero-order valence-corrected chi connectivity index (χ0v) is 18.5. The average molecular weight is 493 g/mol. The Bertz CT molecular complexity index is 759. The Hall–Kier alpha value is -1.64. The van der Waals surface area contributed by atoms with Crippen molar-refractivity contribution in [1.82, 2.24) is 15.1 Å². The number of nitrogens with zero attached hydrogens (tertiary/aromatic N) is 2. The van der Waals surface area contributed by atoms with E-state index in [1.165, 1.54) is 11.1 Å². The van der Waals surface area contributed by atoms with Crippen molar-refractivity contribution < 1.29 is 9.53 Å². The molecule has 1 aliphatic heterocycles.